The van der Waals surface area contributed by atoms with Crippen molar-refractivity contribution < 1.29 is 13.2 Å². The third-order valence-corrected chi connectivity index (χ3v) is 4.94. The van der Waals surface area contributed by atoms with Gasteiger partial charge in [-0.15, -0.1) is 11.8 Å². The summed E-state index contributed by atoms with van der Waals surface area (Å²) in [6, 6.07) is 0. The average molecular weight is 205 g/mol. The van der Waals surface area contributed by atoms with Crippen LogP contribution in [0.15, 0.2) is 11.5 Å². The summed E-state index contributed by atoms with van der Waals surface area (Å²) in [5.74, 6) is -0.0372. The minimum atomic E-state index is -3.27. The zero-order chi connectivity index (χ0) is 8.77. The summed E-state index contributed by atoms with van der Waals surface area (Å²) in [4.78, 5) is 11.2. The van der Waals surface area contributed by atoms with Crippen molar-refractivity contribution in [2.24, 2.45) is 0 Å². The quantitative estimate of drug-likeness (QED) is 0.578. The Labute approximate surface area is 74.5 Å². The van der Waals surface area contributed by atoms with Gasteiger partial charge >= 0.3 is 0 Å². The Morgan fingerprint density at radius 1 is 1.58 bits per heavy atom. The number of sulfonamides is 1. The Bertz CT molecular complexity index is 346. The van der Waals surface area contributed by atoms with Crippen molar-refractivity contribution in [1.82, 2.24) is 4.72 Å². The van der Waals surface area contributed by atoms with E-state index in [4.69, 9.17) is 0 Å². The number of rotatable bonds is 0. The van der Waals surface area contributed by atoms with E-state index in [1.165, 1.54) is 11.8 Å². The number of thioether (sulfide) groups is 1. The first-order chi connectivity index (χ1) is 5.61. The van der Waals surface area contributed by atoms with Gasteiger partial charge in [-0.3, -0.25) is 4.79 Å². The Balaban J connectivity index is 2.39. The van der Waals surface area contributed by atoms with E-state index >= 15 is 0 Å². The molecule has 2 atom stereocenters. The first kappa shape index (κ1) is 8.28. The van der Waals surface area contributed by atoms with Crippen LogP contribution in [0.1, 0.15) is 0 Å². The molecule has 2 rings (SSSR count). The van der Waals surface area contributed by atoms with E-state index < -0.39 is 20.5 Å². The van der Waals surface area contributed by atoms with E-state index in [-0.39, 0.29) is 12.3 Å². The molecular formula is C6H7NO3S2. The van der Waals surface area contributed by atoms with Gasteiger partial charge in [0.2, 0.25) is 10.0 Å². The number of hydrogen-bond acceptors (Lipinski definition) is 4. The fourth-order valence-corrected chi connectivity index (χ4v) is 4.22. The van der Waals surface area contributed by atoms with Crippen molar-refractivity contribution in [1.29, 1.82) is 0 Å². The first-order valence-corrected chi connectivity index (χ1v) is 5.93. The Morgan fingerprint density at radius 3 is 3.00 bits per heavy atom. The molecular weight excluding hydrogens is 198 g/mol. The molecule has 0 spiro atoms. The number of nitrogens with one attached hydrogen (secondary N) is 1. The number of carbonyl (C=O) groups excluding carboxylic acids is 1. The predicted octanol–water partition coefficient (Wildman–Crippen LogP) is -0.514. The Hall–Kier alpha value is -0.330. The number of hydrogen-bond donors (Lipinski definition) is 1. The SMILES string of the molecule is O=C1CNS(=O)(=O)[C@H]2C=CS[C@@H]12. The van der Waals surface area contributed by atoms with E-state index in [1.807, 2.05) is 0 Å². The van der Waals surface area contributed by atoms with E-state index in [2.05, 4.69) is 4.72 Å². The largest absolute Gasteiger partial charge is 0.297 e. The lowest BCUT2D eigenvalue weighted by atomic mass is 10.2. The van der Waals surface area contributed by atoms with Gasteiger partial charge in [-0.1, -0.05) is 6.08 Å². The van der Waals surface area contributed by atoms with Crippen molar-refractivity contribution >= 4 is 27.6 Å². The maximum absolute atomic E-state index is 11.3. The lowest BCUT2D eigenvalue weighted by molar-refractivity contribution is -0.117. The highest BCUT2D eigenvalue weighted by Gasteiger charge is 2.42. The molecule has 4 nitrogen and oxygen atoms in total. The van der Waals surface area contributed by atoms with E-state index in [9.17, 15) is 13.2 Å². The molecule has 6 heteroatoms. The Morgan fingerprint density at radius 2 is 2.33 bits per heavy atom. The molecule has 2 heterocycles. The van der Waals surface area contributed by atoms with Crippen LogP contribution in [0.5, 0.6) is 0 Å². The lowest BCUT2D eigenvalue weighted by Crippen LogP contribution is -2.50. The molecule has 0 saturated carbocycles. The molecule has 0 aliphatic carbocycles. The summed E-state index contributed by atoms with van der Waals surface area (Å²) in [6.45, 7) is -0.0574. The summed E-state index contributed by atoms with van der Waals surface area (Å²) in [6.07, 6.45) is 1.56. The third kappa shape index (κ3) is 1.10. The smallest absolute Gasteiger partial charge is 0.220 e. The van der Waals surface area contributed by atoms with Crippen LogP contribution in [0.25, 0.3) is 0 Å². The van der Waals surface area contributed by atoms with Gasteiger partial charge < -0.3 is 0 Å². The van der Waals surface area contributed by atoms with E-state index in [0.29, 0.717) is 0 Å². The zero-order valence-corrected chi connectivity index (χ0v) is 7.69. The molecule has 0 unspecified atom stereocenters. The molecule has 0 bridgehead atoms. The van der Waals surface area contributed by atoms with Crippen molar-refractivity contribution in [2.45, 2.75) is 10.5 Å². The van der Waals surface area contributed by atoms with Gasteiger partial charge in [0.1, 0.15) is 5.25 Å². The number of Topliss-reactive ketones (excluding diaryl/α,β-unsaturated/α-hetero) is 1. The van der Waals surface area contributed by atoms with E-state index in [0.717, 1.165) is 0 Å². The van der Waals surface area contributed by atoms with Crippen molar-refractivity contribution in [3.63, 3.8) is 0 Å². The fourth-order valence-electron chi connectivity index (χ4n) is 1.28. The standard InChI is InChI=1S/C6H7NO3S2/c8-4-3-7-12(9,10)5-1-2-11-6(4)5/h1-2,5-7H,3H2/t5-,6-/m0/s1. The minimum absolute atomic E-state index is 0.0372. The second-order valence-electron chi connectivity index (χ2n) is 2.68. The molecule has 0 aromatic heterocycles. The highest BCUT2D eigenvalue weighted by molar-refractivity contribution is 8.05. The molecule has 1 saturated heterocycles. The second kappa shape index (κ2) is 2.58. The molecule has 0 aromatic carbocycles. The molecule has 0 radical (unpaired) electrons. The maximum atomic E-state index is 11.3. The van der Waals surface area contributed by atoms with Crippen molar-refractivity contribution in [3.8, 4) is 0 Å². The molecule has 2 aliphatic rings. The predicted molar refractivity (Wildman–Crippen MR) is 46.2 cm³/mol. The summed E-state index contributed by atoms with van der Waals surface area (Å²) >= 11 is 1.29. The molecule has 2 aliphatic heterocycles. The highest BCUT2D eigenvalue weighted by Crippen LogP contribution is 2.31. The molecule has 1 fully saturated rings. The van der Waals surface area contributed by atoms with Gasteiger partial charge in [-0.2, -0.15) is 0 Å². The van der Waals surface area contributed by atoms with Crippen molar-refractivity contribution in [3.05, 3.63) is 11.5 Å². The summed E-state index contributed by atoms with van der Waals surface area (Å²) in [5, 5.41) is 0.623. The van der Waals surface area contributed by atoms with Gasteiger partial charge in [0.05, 0.1) is 11.8 Å². The third-order valence-electron chi connectivity index (χ3n) is 1.92. The number of carbonyl (C=O) groups is 1. The van der Waals surface area contributed by atoms with Gasteiger partial charge in [-0.05, 0) is 5.41 Å². The number of ketones is 1. The van der Waals surface area contributed by atoms with Crippen LogP contribution in [0.4, 0.5) is 0 Å². The fraction of sp³-hybridized carbons (Fsp3) is 0.500. The topological polar surface area (TPSA) is 63.2 Å². The van der Waals surface area contributed by atoms with Crippen LogP contribution in [-0.2, 0) is 14.8 Å². The summed E-state index contributed by atoms with van der Waals surface area (Å²) in [5.41, 5.74) is 0. The monoisotopic (exact) mass is 205 g/mol. The Kier molecular flexibility index (Phi) is 1.78. The summed E-state index contributed by atoms with van der Waals surface area (Å²) in [7, 11) is -3.27. The van der Waals surface area contributed by atoms with Gasteiger partial charge in [-0.25, -0.2) is 13.1 Å². The highest BCUT2D eigenvalue weighted by atomic mass is 32.2. The van der Waals surface area contributed by atoms with Crippen LogP contribution in [0.3, 0.4) is 0 Å². The molecule has 0 amide bonds. The first-order valence-electron chi connectivity index (χ1n) is 3.44. The van der Waals surface area contributed by atoms with Crippen LogP contribution in [0.2, 0.25) is 0 Å². The van der Waals surface area contributed by atoms with Crippen LogP contribution >= 0.6 is 11.8 Å². The van der Waals surface area contributed by atoms with Crippen LogP contribution < -0.4 is 4.72 Å². The zero-order valence-electron chi connectivity index (χ0n) is 6.06. The minimum Gasteiger partial charge on any atom is -0.297 e. The lowest BCUT2D eigenvalue weighted by Gasteiger charge is -2.23. The van der Waals surface area contributed by atoms with E-state index in [1.54, 1.807) is 11.5 Å². The molecule has 0 aromatic rings. The van der Waals surface area contributed by atoms with Gasteiger partial charge in [0, 0.05) is 0 Å². The average Bonchev–Trinajstić information content (AvgIpc) is 2.46. The van der Waals surface area contributed by atoms with Gasteiger partial charge in [0.25, 0.3) is 0 Å². The second-order valence-corrected chi connectivity index (χ2v) is 5.66. The normalized spacial score (nSPS) is 38.2. The van der Waals surface area contributed by atoms with Gasteiger partial charge in [0.15, 0.2) is 5.78 Å². The van der Waals surface area contributed by atoms with Crippen LogP contribution in [0, 0.1) is 0 Å². The molecule has 66 valence electrons. The van der Waals surface area contributed by atoms with Crippen LogP contribution in [-0.4, -0.2) is 31.2 Å². The maximum Gasteiger partial charge on any atom is 0.220 e. The summed E-state index contributed by atoms with van der Waals surface area (Å²) < 4.78 is 24.8. The number of fused-ring (bicyclic) bond motifs is 1. The molecule has 1 N–H and O–H groups in total. The molecule has 12 heavy (non-hydrogen) atoms. The van der Waals surface area contributed by atoms with Crippen molar-refractivity contribution in [2.75, 3.05) is 6.54 Å².